The lowest BCUT2D eigenvalue weighted by atomic mass is 10.1. The maximum absolute atomic E-state index is 11.0. The molecular formula is C11H8N2O5. The molecule has 7 heteroatoms. The number of nitro groups is 2. The first-order chi connectivity index (χ1) is 8.50. The molecule has 1 aromatic carbocycles. The second kappa shape index (κ2) is 4.28. The van der Waals surface area contributed by atoms with Crippen LogP contribution in [0.3, 0.4) is 0 Å². The predicted molar refractivity (Wildman–Crippen MR) is 62.2 cm³/mol. The van der Waals surface area contributed by atoms with Crippen molar-refractivity contribution in [2.75, 3.05) is 0 Å². The van der Waals surface area contributed by atoms with E-state index in [1.807, 2.05) is 0 Å². The van der Waals surface area contributed by atoms with E-state index >= 15 is 0 Å². The van der Waals surface area contributed by atoms with E-state index in [1.54, 1.807) is 6.92 Å². The number of aryl methyl sites for hydroxylation is 1. The third kappa shape index (κ3) is 1.93. The molecule has 2 aromatic rings. The van der Waals surface area contributed by atoms with E-state index in [1.165, 1.54) is 30.5 Å². The Labute approximate surface area is 101 Å². The van der Waals surface area contributed by atoms with Gasteiger partial charge < -0.3 is 4.42 Å². The maximum Gasteiger partial charge on any atom is 0.287 e. The molecule has 0 unspecified atom stereocenters. The van der Waals surface area contributed by atoms with Crippen LogP contribution < -0.4 is 0 Å². The molecule has 0 saturated heterocycles. The normalized spacial score (nSPS) is 10.3. The van der Waals surface area contributed by atoms with Gasteiger partial charge >= 0.3 is 0 Å². The molecule has 0 spiro atoms. The minimum absolute atomic E-state index is 0.105. The summed E-state index contributed by atoms with van der Waals surface area (Å²) in [5.41, 5.74) is -0.336. The van der Waals surface area contributed by atoms with E-state index in [9.17, 15) is 20.2 Å². The van der Waals surface area contributed by atoms with Crippen molar-refractivity contribution < 1.29 is 14.3 Å². The van der Waals surface area contributed by atoms with Gasteiger partial charge in [0.05, 0.1) is 16.1 Å². The minimum atomic E-state index is -0.655. The van der Waals surface area contributed by atoms with Crippen molar-refractivity contribution in [2.45, 2.75) is 6.92 Å². The molecule has 0 aliphatic heterocycles. The molecule has 1 aromatic heterocycles. The van der Waals surface area contributed by atoms with Crippen molar-refractivity contribution in [1.29, 1.82) is 0 Å². The van der Waals surface area contributed by atoms with Gasteiger partial charge in [0.15, 0.2) is 5.56 Å². The second-order valence-corrected chi connectivity index (χ2v) is 3.67. The van der Waals surface area contributed by atoms with E-state index in [4.69, 9.17) is 4.42 Å². The van der Waals surface area contributed by atoms with Crippen molar-refractivity contribution >= 4 is 11.4 Å². The van der Waals surface area contributed by atoms with Crippen molar-refractivity contribution in [2.24, 2.45) is 0 Å². The van der Waals surface area contributed by atoms with Gasteiger partial charge in [0, 0.05) is 12.1 Å². The summed E-state index contributed by atoms with van der Waals surface area (Å²) < 4.78 is 5.03. The van der Waals surface area contributed by atoms with Crippen LogP contribution in [-0.4, -0.2) is 9.85 Å². The standard InChI is InChI=1S/C11H8N2O5/c1-7-5-8(12(14)15)11(9(6-7)13(16)17)10-3-2-4-18-10/h2-6H,1H3. The summed E-state index contributed by atoms with van der Waals surface area (Å²) in [5, 5.41) is 22.0. The minimum Gasteiger partial charge on any atom is -0.464 e. The zero-order valence-electron chi connectivity index (χ0n) is 9.32. The summed E-state index contributed by atoms with van der Waals surface area (Å²) in [6, 6.07) is 5.53. The van der Waals surface area contributed by atoms with Crippen LogP contribution >= 0.6 is 0 Å². The molecular weight excluding hydrogens is 240 g/mol. The van der Waals surface area contributed by atoms with E-state index < -0.39 is 9.85 Å². The fraction of sp³-hybridized carbons (Fsp3) is 0.0909. The third-order valence-corrected chi connectivity index (χ3v) is 2.40. The summed E-state index contributed by atoms with van der Waals surface area (Å²) in [6.45, 7) is 1.56. The Balaban J connectivity index is 2.82. The SMILES string of the molecule is Cc1cc([N+](=O)[O-])c(-c2ccco2)c([N+](=O)[O-])c1. The van der Waals surface area contributed by atoms with Gasteiger partial charge in [-0.1, -0.05) is 0 Å². The Morgan fingerprint density at radius 1 is 1.11 bits per heavy atom. The number of furan rings is 1. The van der Waals surface area contributed by atoms with Crippen LogP contribution in [-0.2, 0) is 0 Å². The molecule has 18 heavy (non-hydrogen) atoms. The van der Waals surface area contributed by atoms with Crippen LogP contribution in [0.25, 0.3) is 11.3 Å². The highest BCUT2D eigenvalue weighted by Gasteiger charge is 2.28. The fourth-order valence-corrected chi connectivity index (χ4v) is 1.71. The van der Waals surface area contributed by atoms with Crippen LogP contribution in [0.2, 0.25) is 0 Å². The zero-order valence-corrected chi connectivity index (χ0v) is 9.32. The lowest BCUT2D eigenvalue weighted by Gasteiger charge is -2.03. The molecule has 0 radical (unpaired) electrons. The van der Waals surface area contributed by atoms with E-state index in [-0.39, 0.29) is 22.7 Å². The molecule has 1 heterocycles. The van der Waals surface area contributed by atoms with Gasteiger partial charge in [0.2, 0.25) is 0 Å². The molecule has 0 aliphatic rings. The molecule has 0 fully saturated rings. The number of nitro benzene ring substituents is 2. The maximum atomic E-state index is 11.0. The molecule has 0 amide bonds. The monoisotopic (exact) mass is 248 g/mol. The Morgan fingerprint density at radius 2 is 1.67 bits per heavy atom. The second-order valence-electron chi connectivity index (χ2n) is 3.67. The average Bonchev–Trinajstić information content (AvgIpc) is 2.80. The smallest absolute Gasteiger partial charge is 0.287 e. The predicted octanol–water partition coefficient (Wildman–Crippen LogP) is 3.07. The average molecular weight is 248 g/mol. The Morgan fingerprint density at radius 3 is 2.06 bits per heavy atom. The molecule has 2 rings (SSSR count). The van der Waals surface area contributed by atoms with Gasteiger partial charge in [-0.2, -0.15) is 0 Å². The molecule has 0 N–H and O–H groups in total. The van der Waals surface area contributed by atoms with E-state index in [0.29, 0.717) is 5.56 Å². The van der Waals surface area contributed by atoms with Gasteiger partial charge in [0.1, 0.15) is 5.76 Å². The first-order valence-electron chi connectivity index (χ1n) is 4.98. The highest BCUT2D eigenvalue weighted by Crippen LogP contribution is 2.39. The molecule has 92 valence electrons. The first kappa shape index (κ1) is 11.8. The largest absolute Gasteiger partial charge is 0.464 e. The van der Waals surface area contributed by atoms with Crippen LogP contribution in [0.4, 0.5) is 11.4 Å². The topological polar surface area (TPSA) is 99.4 Å². The quantitative estimate of drug-likeness (QED) is 0.613. The lowest BCUT2D eigenvalue weighted by molar-refractivity contribution is -0.392. The Bertz CT molecular complexity index is 583. The first-order valence-corrected chi connectivity index (χ1v) is 4.98. The van der Waals surface area contributed by atoms with Gasteiger partial charge in [-0.05, 0) is 24.6 Å². The summed E-state index contributed by atoms with van der Waals surface area (Å²) in [7, 11) is 0. The van der Waals surface area contributed by atoms with E-state index in [0.717, 1.165) is 0 Å². The van der Waals surface area contributed by atoms with Gasteiger partial charge in [-0.15, -0.1) is 0 Å². The summed E-state index contributed by atoms with van der Waals surface area (Å²) >= 11 is 0. The Hall–Kier alpha value is -2.70. The van der Waals surface area contributed by atoms with Crippen molar-refractivity contribution in [3.8, 4) is 11.3 Å². The Kier molecular flexibility index (Phi) is 2.80. The zero-order chi connectivity index (χ0) is 13.3. The number of rotatable bonds is 3. The molecule has 0 bridgehead atoms. The number of benzene rings is 1. The highest BCUT2D eigenvalue weighted by molar-refractivity contribution is 5.79. The summed E-state index contributed by atoms with van der Waals surface area (Å²) in [5.74, 6) is 0.105. The highest BCUT2D eigenvalue weighted by atomic mass is 16.6. The molecule has 0 atom stereocenters. The van der Waals surface area contributed by atoms with Gasteiger partial charge in [0.25, 0.3) is 11.4 Å². The van der Waals surface area contributed by atoms with E-state index in [2.05, 4.69) is 0 Å². The lowest BCUT2D eigenvalue weighted by Crippen LogP contribution is -1.98. The van der Waals surface area contributed by atoms with Crippen molar-refractivity contribution in [1.82, 2.24) is 0 Å². The van der Waals surface area contributed by atoms with Crippen LogP contribution in [0.1, 0.15) is 5.56 Å². The molecule has 7 nitrogen and oxygen atoms in total. The van der Waals surface area contributed by atoms with Gasteiger partial charge in [-0.3, -0.25) is 20.2 Å². The fourth-order valence-electron chi connectivity index (χ4n) is 1.71. The van der Waals surface area contributed by atoms with Crippen LogP contribution in [0, 0.1) is 27.2 Å². The van der Waals surface area contributed by atoms with Crippen LogP contribution in [0.15, 0.2) is 34.9 Å². The van der Waals surface area contributed by atoms with Crippen molar-refractivity contribution in [3.05, 3.63) is 56.3 Å². The number of hydrogen-bond acceptors (Lipinski definition) is 5. The number of nitrogens with zero attached hydrogens (tertiary/aromatic N) is 2. The molecule has 0 aliphatic carbocycles. The third-order valence-electron chi connectivity index (χ3n) is 2.40. The number of hydrogen-bond donors (Lipinski definition) is 0. The summed E-state index contributed by atoms with van der Waals surface area (Å²) in [6.07, 6.45) is 1.31. The van der Waals surface area contributed by atoms with Crippen LogP contribution in [0.5, 0.6) is 0 Å². The van der Waals surface area contributed by atoms with Gasteiger partial charge in [-0.25, -0.2) is 0 Å². The summed E-state index contributed by atoms with van der Waals surface area (Å²) in [4.78, 5) is 20.7. The molecule has 0 saturated carbocycles. The van der Waals surface area contributed by atoms with Crippen molar-refractivity contribution in [3.63, 3.8) is 0 Å².